The monoisotopic (exact) mass is 263 g/mol. The van der Waals surface area contributed by atoms with Gasteiger partial charge in [0.2, 0.25) is 0 Å². The number of aromatic nitrogens is 1. The Morgan fingerprint density at radius 1 is 1.37 bits per heavy atom. The molecule has 2 rings (SSSR count). The van der Waals surface area contributed by atoms with E-state index in [1.54, 1.807) is 12.3 Å². The van der Waals surface area contributed by atoms with E-state index in [1.165, 1.54) is 6.42 Å². The summed E-state index contributed by atoms with van der Waals surface area (Å²) in [5.74, 6) is 0.884. The molecule has 1 heterocycles. The second kappa shape index (κ2) is 8.84. The predicted octanol–water partition coefficient (Wildman–Crippen LogP) is 5.02. The molecule has 1 fully saturated rings. The van der Waals surface area contributed by atoms with Gasteiger partial charge in [0, 0.05) is 17.2 Å². The molecule has 0 spiro atoms. The summed E-state index contributed by atoms with van der Waals surface area (Å²) in [4.78, 5) is 14.9. The lowest BCUT2D eigenvalue weighted by atomic mass is 10.0. The Bertz CT molecular complexity index is 367. The van der Waals surface area contributed by atoms with Crippen molar-refractivity contribution < 1.29 is 4.79 Å². The molecule has 0 N–H and O–H groups in total. The Morgan fingerprint density at radius 3 is 2.26 bits per heavy atom. The first-order chi connectivity index (χ1) is 9.03. The van der Waals surface area contributed by atoms with Crippen molar-refractivity contribution in [2.45, 2.75) is 66.2 Å². The molecule has 1 saturated carbocycles. The number of pyridine rings is 1. The van der Waals surface area contributed by atoms with E-state index >= 15 is 0 Å². The van der Waals surface area contributed by atoms with Crippen LogP contribution in [-0.2, 0) is 5.41 Å². The minimum atomic E-state index is 0.192. The van der Waals surface area contributed by atoms with Crippen molar-refractivity contribution in [3.8, 4) is 0 Å². The Kier molecular flexibility index (Phi) is 8.29. The fraction of sp³-hybridized carbons (Fsp3) is 0.647. The average molecular weight is 263 g/mol. The SMILES string of the molecule is CC.CC1(c2ncccc2C=O)CC1.CCC(C)C. The topological polar surface area (TPSA) is 30.0 Å². The van der Waals surface area contributed by atoms with Crippen LogP contribution in [0.1, 0.15) is 76.9 Å². The van der Waals surface area contributed by atoms with Crippen molar-refractivity contribution in [1.82, 2.24) is 4.98 Å². The van der Waals surface area contributed by atoms with Gasteiger partial charge < -0.3 is 0 Å². The summed E-state index contributed by atoms with van der Waals surface area (Å²) in [6, 6.07) is 3.64. The van der Waals surface area contributed by atoms with Crippen molar-refractivity contribution in [3.63, 3.8) is 0 Å². The van der Waals surface area contributed by atoms with Gasteiger partial charge in [-0.3, -0.25) is 9.78 Å². The molecule has 2 nitrogen and oxygen atoms in total. The highest BCUT2D eigenvalue weighted by molar-refractivity contribution is 5.77. The summed E-state index contributed by atoms with van der Waals surface area (Å²) in [7, 11) is 0. The first-order valence-electron chi connectivity index (χ1n) is 7.44. The Labute approximate surface area is 118 Å². The normalized spacial score (nSPS) is 14.7. The zero-order chi connectivity index (χ0) is 14.9. The molecule has 0 aromatic carbocycles. The molecule has 0 amide bonds. The van der Waals surface area contributed by atoms with Gasteiger partial charge in [0.1, 0.15) is 0 Å². The van der Waals surface area contributed by atoms with Crippen molar-refractivity contribution in [2.24, 2.45) is 5.92 Å². The minimum Gasteiger partial charge on any atom is -0.298 e. The van der Waals surface area contributed by atoms with E-state index in [0.717, 1.165) is 36.3 Å². The van der Waals surface area contributed by atoms with Crippen molar-refractivity contribution in [3.05, 3.63) is 29.6 Å². The fourth-order valence-electron chi connectivity index (χ4n) is 1.44. The molecule has 0 unspecified atom stereocenters. The maximum atomic E-state index is 10.7. The minimum absolute atomic E-state index is 0.192. The number of hydrogen-bond acceptors (Lipinski definition) is 2. The molecule has 0 atom stereocenters. The second-order valence-corrected chi connectivity index (χ2v) is 5.42. The maximum Gasteiger partial charge on any atom is 0.151 e. The van der Waals surface area contributed by atoms with Crippen LogP contribution in [0.2, 0.25) is 0 Å². The maximum absolute atomic E-state index is 10.7. The second-order valence-electron chi connectivity index (χ2n) is 5.42. The van der Waals surface area contributed by atoms with Crippen molar-refractivity contribution in [2.75, 3.05) is 0 Å². The molecular weight excluding hydrogens is 234 g/mol. The van der Waals surface area contributed by atoms with E-state index in [0.29, 0.717) is 0 Å². The Balaban J connectivity index is 0.000000396. The smallest absolute Gasteiger partial charge is 0.151 e. The molecule has 1 aromatic rings. The molecule has 1 aliphatic carbocycles. The first kappa shape index (κ1) is 17.8. The third kappa shape index (κ3) is 6.00. The highest BCUT2D eigenvalue weighted by Gasteiger charge is 2.41. The van der Waals surface area contributed by atoms with Gasteiger partial charge in [-0.05, 0) is 30.9 Å². The number of aldehydes is 1. The number of rotatable bonds is 3. The third-order valence-electron chi connectivity index (χ3n) is 3.35. The van der Waals surface area contributed by atoms with Gasteiger partial charge in [0.25, 0.3) is 0 Å². The molecule has 0 bridgehead atoms. The van der Waals surface area contributed by atoms with Crippen LogP contribution in [0.5, 0.6) is 0 Å². The van der Waals surface area contributed by atoms with E-state index in [1.807, 2.05) is 19.9 Å². The van der Waals surface area contributed by atoms with E-state index in [9.17, 15) is 4.79 Å². The van der Waals surface area contributed by atoms with Crippen molar-refractivity contribution in [1.29, 1.82) is 0 Å². The van der Waals surface area contributed by atoms with Gasteiger partial charge in [-0.1, -0.05) is 48.0 Å². The zero-order valence-corrected chi connectivity index (χ0v) is 13.4. The van der Waals surface area contributed by atoms with Crippen molar-refractivity contribution >= 4 is 6.29 Å². The molecule has 0 aliphatic heterocycles. The molecule has 108 valence electrons. The molecule has 0 radical (unpaired) electrons. The summed E-state index contributed by atoms with van der Waals surface area (Å²) < 4.78 is 0. The quantitative estimate of drug-likeness (QED) is 0.716. The molecule has 2 heteroatoms. The van der Waals surface area contributed by atoms with Crippen LogP contribution < -0.4 is 0 Å². The van der Waals surface area contributed by atoms with Gasteiger partial charge in [-0.25, -0.2) is 0 Å². The average Bonchev–Trinajstić information content (AvgIpc) is 3.20. The number of carbonyl (C=O) groups excluding carboxylic acids is 1. The summed E-state index contributed by atoms with van der Waals surface area (Å²) in [5, 5.41) is 0. The van der Waals surface area contributed by atoms with Crippen LogP contribution in [0.3, 0.4) is 0 Å². The largest absolute Gasteiger partial charge is 0.298 e. The zero-order valence-electron chi connectivity index (χ0n) is 13.4. The molecule has 19 heavy (non-hydrogen) atoms. The molecule has 0 saturated heterocycles. The van der Waals surface area contributed by atoms with E-state index < -0.39 is 0 Å². The van der Waals surface area contributed by atoms with E-state index in [4.69, 9.17) is 0 Å². The lowest BCUT2D eigenvalue weighted by Gasteiger charge is -2.08. The van der Waals surface area contributed by atoms with Crippen LogP contribution in [-0.4, -0.2) is 11.3 Å². The number of carbonyl (C=O) groups is 1. The number of hydrogen-bond donors (Lipinski definition) is 0. The van der Waals surface area contributed by atoms with Crippen LogP contribution in [0.4, 0.5) is 0 Å². The highest BCUT2D eigenvalue weighted by atomic mass is 16.1. The summed E-state index contributed by atoms with van der Waals surface area (Å²) in [5.41, 5.74) is 1.91. The Hall–Kier alpha value is -1.18. The van der Waals surface area contributed by atoms with Crippen LogP contribution in [0.15, 0.2) is 18.3 Å². The van der Waals surface area contributed by atoms with Crippen LogP contribution >= 0.6 is 0 Å². The van der Waals surface area contributed by atoms with Gasteiger partial charge in [0.15, 0.2) is 6.29 Å². The van der Waals surface area contributed by atoms with Gasteiger partial charge in [-0.15, -0.1) is 0 Å². The molecule has 1 aliphatic rings. The van der Waals surface area contributed by atoms with Crippen LogP contribution in [0, 0.1) is 5.92 Å². The van der Waals surface area contributed by atoms with Crippen LogP contribution in [0.25, 0.3) is 0 Å². The number of nitrogens with zero attached hydrogens (tertiary/aromatic N) is 1. The lowest BCUT2D eigenvalue weighted by molar-refractivity contribution is 0.112. The standard InChI is InChI=1S/C10H11NO.C5H12.C2H6/c1-10(4-5-10)9-8(7-12)3-2-6-11-9;1-4-5(2)3;1-2/h2-3,6-7H,4-5H2,1H3;5H,4H2,1-3H3;1-2H3. The summed E-state index contributed by atoms with van der Waals surface area (Å²) >= 11 is 0. The summed E-state index contributed by atoms with van der Waals surface area (Å²) in [6.07, 6.45) is 6.27. The van der Waals surface area contributed by atoms with Gasteiger partial charge in [-0.2, -0.15) is 0 Å². The van der Waals surface area contributed by atoms with Gasteiger partial charge >= 0.3 is 0 Å². The summed E-state index contributed by atoms with van der Waals surface area (Å²) in [6.45, 7) is 12.8. The van der Waals surface area contributed by atoms with E-state index in [-0.39, 0.29) is 5.41 Å². The lowest BCUT2D eigenvalue weighted by Crippen LogP contribution is -2.06. The molecule has 1 aromatic heterocycles. The molecular formula is C17H29NO. The first-order valence-corrected chi connectivity index (χ1v) is 7.44. The predicted molar refractivity (Wildman–Crippen MR) is 82.7 cm³/mol. The van der Waals surface area contributed by atoms with E-state index in [2.05, 4.69) is 32.7 Å². The third-order valence-corrected chi connectivity index (χ3v) is 3.35. The Morgan fingerprint density at radius 2 is 1.89 bits per heavy atom. The highest BCUT2D eigenvalue weighted by Crippen LogP contribution is 2.47. The van der Waals surface area contributed by atoms with Gasteiger partial charge in [0.05, 0.1) is 5.69 Å². The fourth-order valence-corrected chi connectivity index (χ4v) is 1.44.